The molecule has 1 aromatic carbocycles. The van der Waals surface area contributed by atoms with E-state index in [2.05, 4.69) is 53.0 Å². The van der Waals surface area contributed by atoms with Crippen LogP contribution < -0.4 is 4.74 Å². The molecule has 1 rings (SSSR count). The Labute approximate surface area is 130 Å². The molecule has 0 fully saturated rings. The summed E-state index contributed by atoms with van der Waals surface area (Å²) < 4.78 is 5.85. The zero-order valence-corrected chi connectivity index (χ0v) is 14.6. The smallest absolute Gasteiger partial charge is 0.119 e. The van der Waals surface area contributed by atoms with Gasteiger partial charge in [-0.25, -0.2) is 0 Å². The van der Waals surface area contributed by atoms with E-state index in [1.165, 1.54) is 0 Å². The van der Waals surface area contributed by atoms with E-state index in [1.54, 1.807) is 0 Å². The van der Waals surface area contributed by atoms with Gasteiger partial charge in [0.25, 0.3) is 0 Å². The predicted molar refractivity (Wildman–Crippen MR) is 92.9 cm³/mol. The summed E-state index contributed by atoms with van der Waals surface area (Å²) in [4.78, 5) is 2.53. The largest absolute Gasteiger partial charge is 0.494 e. The molecule has 0 radical (unpaired) electrons. The van der Waals surface area contributed by atoms with Crippen LogP contribution in [0.3, 0.4) is 0 Å². The van der Waals surface area contributed by atoms with Crippen LogP contribution in [0.15, 0.2) is 30.8 Å². The summed E-state index contributed by atoms with van der Waals surface area (Å²) in [5.74, 6) is 0.922. The second-order valence-electron chi connectivity index (χ2n) is 7.47. The molecule has 2 heteroatoms. The van der Waals surface area contributed by atoms with Gasteiger partial charge in [-0.15, -0.1) is 0 Å². The molecule has 0 saturated heterocycles. The second kappa shape index (κ2) is 7.13. The van der Waals surface area contributed by atoms with Gasteiger partial charge in [0, 0.05) is 17.6 Å². The lowest BCUT2D eigenvalue weighted by molar-refractivity contribution is 0.0337. The lowest BCUT2D eigenvalue weighted by Crippen LogP contribution is -2.53. The zero-order valence-electron chi connectivity index (χ0n) is 14.6. The highest BCUT2D eigenvalue weighted by molar-refractivity contribution is 5.49. The molecule has 21 heavy (non-hydrogen) atoms. The van der Waals surface area contributed by atoms with Gasteiger partial charge in [-0.3, -0.25) is 4.90 Å². The topological polar surface area (TPSA) is 12.5 Å². The third-order valence-electron chi connectivity index (χ3n) is 3.51. The molecule has 0 aliphatic carbocycles. The first-order chi connectivity index (χ1) is 9.64. The third-order valence-corrected chi connectivity index (χ3v) is 3.51. The minimum absolute atomic E-state index is 0.168. The molecule has 0 N–H and O–H groups in total. The molecule has 0 aromatic heterocycles. The third kappa shape index (κ3) is 5.92. The normalized spacial score (nSPS) is 12.5. The van der Waals surface area contributed by atoms with Crippen LogP contribution >= 0.6 is 0 Å². The van der Waals surface area contributed by atoms with Crippen molar-refractivity contribution in [2.45, 2.75) is 59.0 Å². The van der Waals surface area contributed by atoms with E-state index in [9.17, 15) is 0 Å². The Morgan fingerprint density at radius 3 is 2.24 bits per heavy atom. The fourth-order valence-electron chi connectivity index (χ4n) is 2.82. The number of ether oxygens (including phenoxy) is 1. The predicted octanol–water partition coefficient (Wildman–Crippen LogP) is 5.00. The molecule has 0 aliphatic heterocycles. The second-order valence-corrected chi connectivity index (χ2v) is 7.47. The average molecular weight is 289 g/mol. The Morgan fingerprint density at radius 2 is 1.71 bits per heavy atom. The van der Waals surface area contributed by atoms with Crippen molar-refractivity contribution in [1.82, 2.24) is 4.90 Å². The maximum atomic E-state index is 5.85. The summed E-state index contributed by atoms with van der Waals surface area (Å²) >= 11 is 0. The highest BCUT2D eigenvalue weighted by Crippen LogP contribution is 2.24. The molecular formula is C19H31NO. The average Bonchev–Trinajstić information content (AvgIpc) is 2.35. The summed E-state index contributed by atoms with van der Waals surface area (Å²) in [7, 11) is 0. The van der Waals surface area contributed by atoms with Gasteiger partial charge in [0.1, 0.15) is 5.75 Å². The molecule has 0 amide bonds. The minimum atomic E-state index is 0.168. The molecule has 0 saturated carbocycles. The van der Waals surface area contributed by atoms with Gasteiger partial charge in [0.15, 0.2) is 0 Å². The first kappa shape index (κ1) is 17.8. The SMILES string of the molecule is C=Cc1cccc(OCCCN(C(C)(C)C)C(C)(C)C)c1. The van der Waals surface area contributed by atoms with Crippen molar-refractivity contribution in [2.75, 3.05) is 13.2 Å². The van der Waals surface area contributed by atoms with Crippen molar-refractivity contribution in [3.05, 3.63) is 36.4 Å². The van der Waals surface area contributed by atoms with Gasteiger partial charge in [0.05, 0.1) is 6.61 Å². The Morgan fingerprint density at radius 1 is 1.10 bits per heavy atom. The van der Waals surface area contributed by atoms with Gasteiger partial charge in [-0.05, 0) is 65.7 Å². The van der Waals surface area contributed by atoms with Crippen molar-refractivity contribution in [3.63, 3.8) is 0 Å². The van der Waals surface area contributed by atoms with Crippen LogP contribution in [0, 0.1) is 0 Å². The number of hydrogen-bond donors (Lipinski definition) is 0. The van der Waals surface area contributed by atoms with E-state index in [0.29, 0.717) is 0 Å². The Balaban J connectivity index is 2.50. The Hall–Kier alpha value is -1.28. The molecule has 0 spiro atoms. The zero-order chi connectivity index (χ0) is 16.1. The number of hydrogen-bond acceptors (Lipinski definition) is 2. The molecule has 0 unspecified atom stereocenters. The van der Waals surface area contributed by atoms with Gasteiger partial charge < -0.3 is 4.74 Å². The molecule has 2 nitrogen and oxygen atoms in total. The van der Waals surface area contributed by atoms with Crippen molar-refractivity contribution < 1.29 is 4.74 Å². The fraction of sp³-hybridized carbons (Fsp3) is 0.579. The maximum Gasteiger partial charge on any atom is 0.119 e. The number of rotatable bonds is 6. The fourth-order valence-corrected chi connectivity index (χ4v) is 2.82. The van der Waals surface area contributed by atoms with E-state index in [-0.39, 0.29) is 11.1 Å². The summed E-state index contributed by atoms with van der Waals surface area (Å²) in [5, 5.41) is 0. The highest BCUT2D eigenvalue weighted by atomic mass is 16.5. The van der Waals surface area contributed by atoms with Crippen LogP contribution in [0.2, 0.25) is 0 Å². The van der Waals surface area contributed by atoms with E-state index in [1.807, 2.05) is 30.3 Å². The minimum Gasteiger partial charge on any atom is -0.494 e. The lowest BCUT2D eigenvalue weighted by Gasteiger charge is -2.45. The van der Waals surface area contributed by atoms with Gasteiger partial charge in [-0.2, -0.15) is 0 Å². The Kier molecular flexibility index (Phi) is 6.03. The van der Waals surface area contributed by atoms with Crippen molar-refractivity contribution in [2.24, 2.45) is 0 Å². The van der Waals surface area contributed by atoms with Crippen molar-refractivity contribution in [1.29, 1.82) is 0 Å². The molecule has 0 heterocycles. The van der Waals surface area contributed by atoms with E-state index >= 15 is 0 Å². The quantitative estimate of drug-likeness (QED) is 0.683. The highest BCUT2D eigenvalue weighted by Gasteiger charge is 2.30. The molecule has 1 aromatic rings. The molecular weight excluding hydrogens is 258 g/mol. The van der Waals surface area contributed by atoms with Crippen LogP contribution in [0.5, 0.6) is 5.75 Å². The summed E-state index contributed by atoms with van der Waals surface area (Å²) in [6.45, 7) is 19.2. The van der Waals surface area contributed by atoms with E-state index < -0.39 is 0 Å². The van der Waals surface area contributed by atoms with Crippen LogP contribution in [0.25, 0.3) is 6.08 Å². The van der Waals surface area contributed by atoms with Crippen molar-refractivity contribution >= 4 is 6.08 Å². The number of benzene rings is 1. The summed E-state index contributed by atoms with van der Waals surface area (Å²) in [6, 6.07) is 8.06. The van der Waals surface area contributed by atoms with Crippen LogP contribution in [-0.2, 0) is 0 Å². The maximum absolute atomic E-state index is 5.85. The first-order valence-corrected chi connectivity index (χ1v) is 7.77. The van der Waals surface area contributed by atoms with E-state index in [0.717, 1.165) is 30.9 Å². The monoisotopic (exact) mass is 289 g/mol. The molecule has 118 valence electrons. The standard InChI is InChI=1S/C19H31NO/c1-8-16-11-9-12-17(15-16)21-14-10-13-20(18(2,3)4)19(5,6)7/h8-9,11-12,15H,1,10,13-14H2,2-7H3. The van der Waals surface area contributed by atoms with Crippen molar-refractivity contribution in [3.8, 4) is 5.75 Å². The lowest BCUT2D eigenvalue weighted by atomic mass is 9.96. The Bertz CT molecular complexity index is 437. The van der Waals surface area contributed by atoms with Crippen LogP contribution in [-0.4, -0.2) is 29.1 Å². The molecule has 0 aliphatic rings. The number of nitrogens with zero attached hydrogens (tertiary/aromatic N) is 1. The molecule has 0 atom stereocenters. The van der Waals surface area contributed by atoms with E-state index in [4.69, 9.17) is 4.74 Å². The first-order valence-electron chi connectivity index (χ1n) is 7.77. The summed E-state index contributed by atoms with van der Waals surface area (Å²) in [5.41, 5.74) is 1.43. The van der Waals surface area contributed by atoms with Gasteiger partial charge in [-0.1, -0.05) is 24.8 Å². The molecule has 0 bridgehead atoms. The van der Waals surface area contributed by atoms with Gasteiger partial charge >= 0.3 is 0 Å². The summed E-state index contributed by atoms with van der Waals surface area (Å²) in [6.07, 6.45) is 2.86. The van der Waals surface area contributed by atoms with Crippen LogP contribution in [0.1, 0.15) is 53.5 Å². The van der Waals surface area contributed by atoms with Crippen LogP contribution in [0.4, 0.5) is 0 Å². The van der Waals surface area contributed by atoms with Gasteiger partial charge in [0.2, 0.25) is 0 Å².